The van der Waals surface area contributed by atoms with E-state index in [-0.39, 0.29) is 5.91 Å². The Morgan fingerprint density at radius 1 is 1.08 bits per heavy atom. The van der Waals surface area contributed by atoms with E-state index >= 15 is 0 Å². The van der Waals surface area contributed by atoms with Crippen LogP contribution in [0, 0.1) is 5.92 Å². The van der Waals surface area contributed by atoms with E-state index in [9.17, 15) is 4.79 Å². The summed E-state index contributed by atoms with van der Waals surface area (Å²) in [4.78, 5) is 16.6. The summed E-state index contributed by atoms with van der Waals surface area (Å²) in [7, 11) is 0. The van der Waals surface area contributed by atoms with Crippen molar-refractivity contribution in [2.75, 3.05) is 31.1 Å². The lowest BCUT2D eigenvalue weighted by molar-refractivity contribution is -0.126. The Morgan fingerprint density at radius 2 is 1.80 bits per heavy atom. The average Bonchev–Trinajstić information content (AvgIpc) is 3.20. The minimum absolute atomic E-state index is 0.0606. The maximum atomic E-state index is 12.4. The number of carbonyl (C=O) groups excluding carboxylic acids is 1. The van der Waals surface area contributed by atoms with Gasteiger partial charge in [0.05, 0.1) is 0 Å². The van der Waals surface area contributed by atoms with Gasteiger partial charge in [0.1, 0.15) is 11.5 Å². The Hall–Kier alpha value is -2.49. The number of benzene rings is 1. The zero-order chi connectivity index (χ0) is 17.2. The van der Waals surface area contributed by atoms with Crippen LogP contribution in [0.4, 0.5) is 5.69 Å². The molecule has 0 radical (unpaired) electrons. The molecule has 2 aliphatic rings. The number of rotatable bonds is 4. The molecule has 2 atom stereocenters. The van der Waals surface area contributed by atoms with Gasteiger partial charge in [-0.05, 0) is 42.7 Å². The molecule has 2 aromatic rings. The van der Waals surface area contributed by atoms with Gasteiger partial charge in [-0.2, -0.15) is 0 Å². The lowest BCUT2D eigenvalue weighted by Crippen LogP contribution is -2.48. The number of carbonyl (C=O) groups is 1. The van der Waals surface area contributed by atoms with Gasteiger partial charge >= 0.3 is 0 Å². The summed E-state index contributed by atoms with van der Waals surface area (Å²) in [6, 6.07) is 14.4. The molecule has 1 aromatic carbocycles. The number of hydrogen-bond donors (Lipinski definition) is 0. The highest BCUT2D eigenvalue weighted by Gasteiger charge is 2.36. The van der Waals surface area contributed by atoms with Gasteiger partial charge in [0.25, 0.3) is 0 Å². The number of piperazine rings is 1. The minimum Gasteiger partial charge on any atom is -0.461 e. The number of furan rings is 1. The highest BCUT2D eigenvalue weighted by molar-refractivity contribution is 5.91. The molecule has 4 nitrogen and oxygen atoms in total. The van der Waals surface area contributed by atoms with Gasteiger partial charge in [0.15, 0.2) is 0 Å². The Balaban J connectivity index is 1.31. The number of anilines is 1. The van der Waals surface area contributed by atoms with Crippen LogP contribution in [-0.4, -0.2) is 37.0 Å². The Labute approximate surface area is 148 Å². The highest BCUT2D eigenvalue weighted by atomic mass is 16.3. The standard InChI is InChI=1S/C21H24N2O2/c1-16-15-19(16)20-9-7-18(25-20)8-10-21(24)23-13-11-22(12-14-23)17-5-3-2-4-6-17/h2-10,16,19H,11-15H2,1H3/b10-8-/t16-,19-/m1/s1. The summed E-state index contributed by atoms with van der Waals surface area (Å²) in [5, 5.41) is 0. The topological polar surface area (TPSA) is 36.7 Å². The van der Waals surface area contributed by atoms with E-state index in [4.69, 9.17) is 4.42 Å². The van der Waals surface area contributed by atoms with Gasteiger partial charge in [-0.25, -0.2) is 0 Å². The van der Waals surface area contributed by atoms with Crippen molar-refractivity contribution in [3.8, 4) is 0 Å². The molecule has 0 unspecified atom stereocenters. The van der Waals surface area contributed by atoms with Crippen LogP contribution in [0.5, 0.6) is 0 Å². The first kappa shape index (κ1) is 16.0. The fourth-order valence-electron chi connectivity index (χ4n) is 3.46. The predicted octanol–water partition coefficient (Wildman–Crippen LogP) is 3.77. The summed E-state index contributed by atoms with van der Waals surface area (Å²) in [6.45, 7) is 5.48. The second-order valence-corrected chi connectivity index (χ2v) is 7.04. The zero-order valence-electron chi connectivity index (χ0n) is 14.6. The third-order valence-corrected chi connectivity index (χ3v) is 5.23. The molecule has 25 heavy (non-hydrogen) atoms. The molecule has 4 rings (SSSR count). The molecule has 0 bridgehead atoms. The highest BCUT2D eigenvalue weighted by Crippen LogP contribution is 2.47. The van der Waals surface area contributed by atoms with Crippen LogP contribution in [0.2, 0.25) is 0 Å². The molecule has 1 saturated carbocycles. The van der Waals surface area contributed by atoms with Gasteiger partial charge < -0.3 is 14.2 Å². The van der Waals surface area contributed by atoms with Crippen LogP contribution in [-0.2, 0) is 4.79 Å². The van der Waals surface area contributed by atoms with Gasteiger partial charge in [-0.15, -0.1) is 0 Å². The Kier molecular flexibility index (Phi) is 4.35. The number of amides is 1. The monoisotopic (exact) mass is 336 g/mol. The normalized spacial score (nSPS) is 23.2. The van der Waals surface area contributed by atoms with Crippen molar-refractivity contribution in [3.05, 3.63) is 60.1 Å². The number of hydrogen-bond acceptors (Lipinski definition) is 3. The Bertz CT molecular complexity index is 757. The Morgan fingerprint density at radius 3 is 2.48 bits per heavy atom. The van der Waals surface area contributed by atoms with Crippen LogP contribution < -0.4 is 4.90 Å². The van der Waals surface area contributed by atoms with Gasteiger partial charge in [-0.1, -0.05) is 25.1 Å². The number of nitrogens with zero attached hydrogens (tertiary/aromatic N) is 2. The third-order valence-electron chi connectivity index (χ3n) is 5.23. The van der Waals surface area contributed by atoms with E-state index in [1.165, 1.54) is 12.1 Å². The lowest BCUT2D eigenvalue weighted by atomic mass is 10.2. The van der Waals surface area contributed by atoms with E-state index in [2.05, 4.69) is 36.1 Å². The van der Waals surface area contributed by atoms with E-state index in [1.807, 2.05) is 23.1 Å². The van der Waals surface area contributed by atoms with Crippen LogP contribution >= 0.6 is 0 Å². The molecule has 1 aromatic heterocycles. The predicted molar refractivity (Wildman–Crippen MR) is 99.5 cm³/mol. The van der Waals surface area contributed by atoms with Crippen molar-refractivity contribution in [1.82, 2.24) is 4.90 Å². The van der Waals surface area contributed by atoms with Crippen molar-refractivity contribution in [3.63, 3.8) is 0 Å². The van der Waals surface area contributed by atoms with Gasteiger partial charge in [0, 0.05) is 43.9 Å². The van der Waals surface area contributed by atoms with Crippen LogP contribution in [0.15, 0.2) is 53.0 Å². The molecule has 1 saturated heterocycles. The lowest BCUT2D eigenvalue weighted by Gasteiger charge is -2.35. The smallest absolute Gasteiger partial charge is 0.246 e. The summed E-state index contributed by atoms with van der Waals surface area (Å²) >= 11 is 0. The van der Waals surface area contributed by atoms with Gasteiger partial charge in [0.2, 0.25) is 5.91 Å². The summed E-state index contributed by atoms with van der Waals surface area (Å²) in [6.07, 6.45) is 4.64. The van der Waals surface area contributed by atoms with E-state index in [0.29, 0.717) is 5.92 Å². The summed E-state index contributed by atoms with van der Waals surface area (Å²) in [5.41, 5.74) is 1.22. The van der Waals surface area contributed by atoms with Crippen LogP contribution in [0.25, 0.3) is 6.08 Å². The fourth-order valence-corrected chi connectivity index (χ4v) is 3.46. The largest absolute Gasteiger partial charge is 0.461 e. The molecule has 0 N–H and O–H groups in total. The molecule has 130 valence electrons. The summed E-state index contributed by atoms with van der Waals surface area (Å²) in [5.74, 6) is 3.18. The molecule has 1 aliphatic carbocycles. The average molecular weight is 336 g/mol. The molecule has 2 heterocycles. The number of para-hydroxylation sites is 1. The maximum Gasteiger partial charge on any atom is 0.246 e. The van der Waals surface area contributed by atoms with Crippen LogP contribution in [0.1, 0.15) is 30.8 Å². The molecule has 1 aliphatic heterocycles. The van der Waals surface area contributed by atoms with Gasteiger partial charge in [-0.3, -0.25) is 4.79 Å². The first-order valence-electron chi connectivity index (χ1n) is 9.07. The first-order chi connectivity index (χ1) is 12.2. The molecular weight excluding hydrogens is 312 g/mol. The van der Waals surface area contributed by atoms with Crippen molar-refractivity contribution in [1.29, 1.82) is 0 Å². The molecule has 1 amide bonds. The first-order valence-corrected chi connectivity index (χ1v) is 9.07. The molecule has 2 fully saturated rings. The summed E-state index contributed by atoms with van der Waals surface area (Å²) < 4.78 is 5.82. The van der Waals surface area contributed by atoms with E-state index in [1.54, 1.807) is 12.2 Å². The quantitative estimate of drug-likeness (QED) is 0.798. The van der Waals surface area contributed by atoms with Crippen LogP contribution in [0.3, 0.4) is 0 Å². The minimum atomic E-state index is 0.0606. The zero-order valence-corrected chi connectivity index (χ0v) is 14.6. The second kappa shape index (κ2) is 6.79. The SMILES string of the molecule is C[C@@H]1C[C@H]1c1ccc(/C=C\C(=O)N2CCN(c3ccccc3)CC2)o1. The fraction of sp³-hybridized carbons (Fsp3) is 0.381. The molecule has 4 heteroatoms. The van der Waals surface area contributed by atoms with Crippen molar-refractivity contribution in [2.24, 2.45) is 5.92 Å². The van der Waals surface area contributed by atoms with Crippen molar-refractivity contribution < 1.29 is 9.21 Å². The van der Waals surface area contributed by atoms with Crippen molar-refractivity contribution >= 4 is 17.7 Å². The van der Waals surface area contributed by atoms with E-state index < -0.39 is 0 Å². The molecular formula is C21H24N2O2. The second-order valence-electron chi connectivity index (χ2n) is 7.04. The maximum absolute atomic E-state index is 12.4. The van der Waals surface area contributed by atoms with Crippen molar-refractivity contribution in [2.45, 2.75) is 19.3 Å². The van der Waals surface area contributed by atoms with E-state index in [0.717, 1.165) is 43.6 Å². The molecule has 0 spiro atoms. The third kappa shape index (κ3) is 3.63.